The van der Waals surface area contributed by atoms with Crippen molar-refractivity contribution in [2.45, 2.75) is 30.8 Å². The minimum absolute atomic E-state index is 0.144. The predicted octanol–water partition coefficient (Wildman–Crippen LogP) is 1.97. The van der Waals surface area contributed by atoms with Crippen molar-refractivity contribution < 1.29 is 23.1 Å². The lowest BCUT2D eigenvalue weighted by Gasteiger charge is -2.22. The van der Waals surface area contributed by atoms with Crippen LogP contribution in [0.1, 0.15) is 30.6 Å². The summed E-state index contributed by atoms with van der Waals surface area (Å²) in [6.07, 6.45) is 0.291. The Hall–Kier alpha value is -1.40. The highest BCUT2D eigenvalue weighted by atomic mass is 32.2. The van der Waals surface area contributed by atoms with Gasteiger partial charge in [0.1, 0.15) is 0 Å². The molecule has 0 aliphatic rings. The Labute approximate surface area is 113 Å². The van der Waals surface area contributed by atoms with E-state index in [1.807, 2.05) is 0 Å². The molecule has 106 valence electrons. The third-order valence-corrected chi connectivity index (χ3v) is 4.75. The number of methoxy groups -OCH3 is 1. The van der Waals surface area contributed by atoms with Gasteiger partial charge in [-0.3, -0.25) is 0 Å². The molecule has 0 aliphatic carbocycles. The molecule has 0 aliphatic heterocycles. The normalized spacial score (nSPS) is 12.4. The van der Waals surface area contributed by atoms with E-state index in [1.54, 1.807) is 13.8 Å². The highest BCUT2D eigenvalue weighted by molar-refractivity contribution is 7.91. The van der Waals surface area contributed by atoms with E-state index in [2.05, 4.69) is 0 Å². The number of hydrogen-bond donors (Lipinski definition) is 1. The molecular formula is C13H18O5S. The number of carboxylic acids is 1. The fraction of sp³-hybridized carbons (Fsp3) is 0.462. The van der Waals surface area contributed by atoms with Gasteiger partial charge in [0, 0.05) is 7.11 Å². The van der Waals surface area contributed by atoms with E-state index in [-0.39, 0.29) is 16.2 Å². The molecule has 6 heteroatoms. The summed E-state index contributed by atoms with van der Waals surface area (Å²) in [7, 11) is -2.13. The first-order chi connectivity index (χ1) is 8.69. The quantitative estimate of drug-likeness (QED) is 0.864. The van der Waals surface area contributed by atoms with Crippen LogP contribution in [0.4, 0.5) is 0 Å². The average molecular weight is 286 g/mol. The van der Waals surface area contributed by atoms with E-state index < -0.39 is 21.4 Å². The van der Waals surface area contributed by atoms with Crippen LogP contribution in [0, 0.1) is 0 Å². The zero-order chi connectivity index (χ0) is 14.7. The van der Waals surface area contributed by atoms with Crippen molar-refractivity contribution in [1.82, 2.24) is 0 Å². The van der Waals surface area contributed by atoms with Gasteiger partial charge in [0.05, 0.1) is 21.8 Å². The molecule has 0 radical (unpaired) electrons. The van der Waals surface area contributed by atoms with Crippen molar-refractivity contribution in [2.75, 3.05) is 12.9 Å². The van der Waals surface area contributed by atoms with Gasteiger partial charge >= 0.3 is 5.97 Å². The summed E-state index contributed by atoms with van der Waals surface area (Å²) < 4.78 is 29.6. The van der Waals surface area contributed by atoms with Crippen LogP contribution in [0.2, 0.25) is 0 Å². The van der Waals surface area contributed by atoms with Crippen LogP contribution in [0.3, 0.4) is 0 Å². The molecule has 1 aromatic carbocycles. The highest BCUT2D eigenvalue weighted by Crippen LogP contribution is 2.21. The summed E-state index contributed by atoms with van der Waals surface area (Å²) in [6, 6.07) is 5.62. The largest absolute Gasteiger partial charge is 0.478 e. The number of rotatable bonds is 6. The Bertz CT molecular complexity index is 560. The van der Waals surface area contributed by atoms with Gasteiger partial charge in [0.15, 0.2) is 9.84 Å². The first-order valence-electron chi connectivity index (χ1n) is 5.80. The zero-order valence-electron chi connectivity index (χ0n) is 11.2. The average Bonchev–Trinajstić information content (AvgIpc) is 2.37. The molecule has 19 heavy (non-hydrogen) atoms. The number of benzene rings is 1. The molecule has 0 aromatic heterocycles. The SMILES string of the molecule is COC(C)(C)CCS(=O)(=O)c1ccccc1C(=O)O. The number of ether oxygens (including phenoxy) is 1. The smallest absolute Gasteiger partial charge is 0.337 e. The lowest BCUT2D eigenvalue weighted by Crippen LogP contribution is -2.26. The number of carbonyl (C=O) groups is 1. The van der Waals surface area contributed by atoms with Gasteiger partial charge in [-0.1, -0.05) is 12.1 Å². The predicted molar refractivity (Wildman–Crippen MR) is 71.2 cm³/mol. The van der Waals surface area contributed by atoms with Crippen molar-refractivity contribution in [2.24, 2.45) is 0 Å². The molecule has 0 heterocycles. The molecule has 0 saturated carbocycles. The highest BCUT2D eigenvalue weighted by Gasteiger charge is 2.25. The lowest BCUT2D eigenvalue weighted by atomic mass is 10.1. The molecule has 0 bridgehead atoms. The lowest BCUT2D eigenvalue weighted by molar-refractivity contribution is 0.0203. The molecule has 5 nitrogen and oxygen atoms in total. The van der Waals surface area contributed by atoms with Crippen molar-refractivity contribution >= 4 is 15.8 Å². The summed E-state index contributed by atoms with van der Waals surface area (Å²) in [4.78, 5) is 10.9. The topological polar surface area (TPSA) is 80.7 Å². The van der Waals surface area contributed by atoms with E-state index in [0.717, 1.165) is 0 Å². The molecular weight excluding hydrogens is 268 g/mol. The van der Waals surface area contributed by atoms with E-state index in [4.69, 9.17) is 9.84 Å². The third-order valence-electron chi connectivity index (χ3n) is 2.98. The van der Waals surface area contributed by atoms with E-state index in [9.17, 15) is 13.2 Å². The number of sulfone groups is 1. The van der Waals surface area contributed by atoms with Gasteiger partial charge in [-0.05, 0) is 32.4 Å². The summed E-state index contributed by atoms with van der Waals surface area (Å²) in [5, 5.41) is 9.01. The fourth-order valence-corrected chi connectivity index (χ4v) is 3.26. The first kappa shape index (κ1) is 15.7. The summed E-state index contributed by atoms with van der Waals surface area (Å²) in [5.41, 5.74) is -0.761. The molecule has 0 unspecified atom stereocenters. The van der Waals surface area contributed by atoms with Crippen LogP contribution < -0.4 is 0 Å². The second-order valence-electron chi connectivity index (χ2n) is 4.83. The van der Waals surface area contributed by atoms with Crippen LogP contribution in [-0.4, -0.2) is 38.0 Å². The number of aromatic carboxylic acids is 1. The Morgan fingerprint density at radius 3 is 2.42 bits per heavy atom. The van der Waals surface area contributed by atoms with E-state index in [0.29, 0.717) is 6.42 Å². The number of carboxylic acid groups (broad SMARTS) is 1. The van der Waals surface area contributed by atoms with Crippen LogP contribution >= 0.6 is 0 Å². The standard InChI is InChI=1S/C13H18O5S/c1-13(2,18-3)8-9-19(16,17)11-7-5-4-6-10(11)12(14)15/h4-7H,8-9H2,1-3H3,(H,14,15). The van der Waals surface area contributed by atoms with Crippen molar-refractivity contribution in [3.05, 3.63) is 29.8 Å². The Morgan fingerprint density at radius 2 is 1.89 bits per heavy atom. The second-order valence-corrected chi connectivity index (χ2v) is 6.91. The van der Waals surface area contributed by atoms with Crippen LogP contribution in [0.5, 0.6) is 0 Å². The van der Waals surface area contributed by atoms with Gasteiger partial charge in [-0.15, -0.1) is 0 Å². The molecule has 0 atom stereocenters. The minimum atomic E-state index is -3.64. The Balaban J connectivity index is 3.05. The fourth-order valence-electron chi connectivity index (χ4n) is 1.51. The monoisotopic (exact) mass is 286 g/mol. The summed E-state index contributed by atoms with van der Waals surface area (Å²) in [6.45, 7) is 3.57. The minimum Gasteiger partial charge on any atom is -0.478 e. The maximum Gasteiger partial charge on any atom is 0.337 e. The Morgan fingerprint density at radius 1 is 1.32 bits per heavy atom. The molecule has 0 amide bonds. The van der Waals surface area contributed by atoms with E-state index in [1.165, 1.54) is 31.4 Å². The maximum atomic E-state index is 12.2. The number of hydrogen-bond acceptors (Lipinski definition) is 4. The van der Waals surface area contributed by atoms with Gasteiger partial charge in [-0.25, -0.2) is 13.2 Å². The Kier molecular flexibility index (Phi) is 4.70. The third kappa shape index (κ3) is 4.04. The van der Waals surface area contributed by atoms with Crippen molar-refractivity contribution in [3.8, 4) is 0 Å². The second kappa shape index (κ2) is 5.71. The van der Waals surface area contributed by atoms with Gasteiger partial charge in [0.25, 0.3) is 0 Å². The molecule has 0 saturated heterocycles. The molecule has 0 spiro atoms. The summed E-state index contributed by atoms with van der Waals surface area (Å²) >= 11 is 0. The van der Waals surface area contributed by atoms with Gasteiger partial charge in [-0.2, -0.15) is 0 Å². The van der Waals surface area contributed by atoms with Gasteiger partial charge in [0.2, 0.25) is 0 Å². The molecule has 1 N–H and O–H groups in total. The zero-order valence-corrected chi connectivity index (χ0v) is 12.0. The van der Waals surface area contributed by atoms with Crippen molar-refractivity contribution in [3.63, 3.8) is 0 Å². The first-order valence-corrected chi connectivity index (χ1v) is 7.45. The van der Waals surface area contributed by atoms with Crippen molar-refractivity contribution in [1.29, 1.82) is 0 Å². The maximum absolute atomic E-state index is 12.2. The van der Waals surface area contributed by atoms with Crippen LogP contribution in [0.15, 0.2) is 29.2 Å². The summed E-state index contributed by atoms with van der Waals surface area (Å²) in [5.74, 6) is -1.40. The van der Waals surface area contributed by atoms with Crippen LogP contribution in [0.25, 0.3) is 0 Å². The molecule has 1 aromatic rings. The molecule has 0 fully saturated rings. The molecule has 1 rings (SSSR count). The van der Waals surface area contributed by atoms with Crippen LogP contribution in [-0.2, 0) is 14.6 Å². The van der Waals surface area contributed by atoms with Gasteiger partial charge < -0.3 is 9.84 Å². The van der Waals surface area contributed by atoms with E-state index >= 15 is 0 Å².